The quantitative estimate of drug-likeness (QED) is 0.770. The molecule has 1 fully saturated rings. The lowest BCUT2D eigenvalue weighted by Crippen LogP contribution is -2.42. The van der Waals surface area contributed by atoms with Gasteiger partial charge in [0.1, 0.15) is 5.70 Å². The smallest absolute Gasteiger partial charge is 0.277 e. The Balaban J connectivity index is 2.02. The molecule has 1 aromatic carbocycles. The summed E-state index contributed by atoms with van der Waals surface area (Å²) in [4.78, 5) is 29.8. The Kier molecular flexibility index (Phi) is 5.26. The molecule has 4 nitrogen and oxygen atoms in total. The van der Waals surface area contributed by atoms with Crippen molar-refractivity contribution in [3.63, 3.8) is 0 Å². The van der Waals surface area contributed by atoms with Gasteiger partial charge in [0, 0.05) is 19.6 Å². The summed E-state index contributed by atoms with van der Waals surface area (Å²) in [6.45, 7) is 8.72. The van der Waals surface area contributed by atoms with Crippen molar-refractivity contribution in [2.45, 2.75) is 40.0 Å². The van der Waals surface area contributed by atoms with E-state index in [-0.39, 0.29) is 11.8 Å². The Labute approximate surface area is 150 Å². The van der Waals surface area contributed by atoms with Crippen LogP contribution in [0.2, 0.25) is 0 Å². The molecule has 2 aliphatic heterocycles. The predicted octanol–water partition coefficient (Wildman–Crippen LogP) is 3.54. The molecule has 2 heterocycles. The number of nitrogens with zero attached hydrogens (tertiary/aromatic N) is 2. The largest absolute Gasteiger partial charge is 0.366 e. The number of likely N-dealkylation sites (tertiary alicyclic amines) is 1. The van der Waals surface area contributed by atoms with E-state index in [1.165, 1.54) is 11.3 Å². The predicted molar refractivity (Wildman–Crippen MR) is 99.5 cm³/mol. The average molecular weight is 340 g/mol. The number of piperidine rings is 1. The molecule has 0 aromatic heterocycles. The van der Waals surface area contributed by atoms with E-state index >= 15 is 0 Å². The van der Waals surface area contributed by atoms with E-state index in [1.807, 2.05) is 30.3 Å². The standard InChI is InChI=1S/C21H28N2O2/c1-4-5-11-23-20(24)18(17-9-7-6-8-10-17)19(21(23)25)22-13-15(2)12-16(3)14-22/h6-10,15-16H,4-5,11-14H2,1-3H3. The Hall–Kier alpha value is -2.10. The highest BCUT2D eigenvalue weighted by molar-refractivity contribution is 6.35. The van der Waals surface area contributed by atoms with Gasteiger partial charge in [-0.05, 0) is 30.2 Å². The number of imide groups is 1. The third-order valence-electron chi connectivity index (χ3n) is 5.13. The second-order valence-corrected chi connectivity index (χ2v) is 7.56. The molecule has 134 valence electrons. The van der Waals surface area contributed by atoms with Crippen LogP contribution in [0, 0.1) is 11.8 Å². The van der Waals surface area contributed by atoms with E-state index in [4.69, 9.17) is 0 Å². The molecule has 0 bridgehead atoms. The molecule has 1 aromatic rings. The monoisotopic (exact) mass is 340 g/mol. The van der Waals surface area contributed by atoms with Crippen molar-refractivity contribution in [3.05, 3.63) is 41.6 Å². The maximum atomic E-state index is 13.1. The Morgan fingerprint density at radius 2 is 1.64 bits per heavy atom. The van der Waals surface area contributed by atoms with Crippen LogP contribution < -0.4 is 0 Å². The molecule has 0 spiro atoms. The lowest BCUT2D eigenvalue weighted by molar-refractivity contribution is -0.137. The highest BCUT2D eigenvalue weighted by Crippen LogP contribution is 2.35. The lowest BCUT2D eigenvalue weighted by Gasteiger charge is -2.37. The number of benzene rings is 1. The average Bonchev–Trinajstić information content (AvgIpc) is 2.83. The highest BCUT2D eigenvalue weighted by atomic mass is 16.2. The van der Waals surface area contributed by atoms with Crippen LogP contribution >= 0.6 is 0 Å². The number of hydrogen-bond acceptors (Lipinski definition) is 3. The summed E-state index contributed by atoms with van der Waals surface area (Å²) in [6.07, 6.45) is 2.98. The van der Waals surface area contributed by atoms with Crippen molar-refractivity contribution in [3.8, 4) is 0 Å². The summed E-state index contributed by atoms with van der Waals surface area (Å²) in [6, 6.07) is 9.65. The van der Waals surface area contributed by atoms with E-state index < -0.39 is 0 Å². The van der Waals surface area contributed by atoms with Gasteiger partial charge in [0.2, 0.25) is 0 Å². The molecule has 0 radical (unpaired) electrons. The van der Waals surface area contributed by atoms with Crippen LogP contribution in [0.25, 0.3) is 5.57 Å². The molecule has 4 heteroatoms. The van der Waals surface area contributed by atoms with Gasteiger partial charge < -0.3 is 4.90 Å². The maximum absolute atomic E-state index is 13.1. The number of carbonyl (C=O) groups excluding carboxylic acids is 2. The zero-order valence-electron chi connectivity index (χ0n) is 15.5. The maximum Gasteiger partial charge on any atom is 0.277 e. The Morgan fingerprint density at radius 1 is 1.00 bits per heavy atom. The molecule has 0 saturated carbocycles. The minimum atomic E-state index is -0.134. The van der Waals surface area contributed by atoms with Gasteiger partial charge in [-0.3, -0.25) is 14.5 Å². The normalized spacial score (nSPS) is 24.4. The van der Waals surface area contributed by atoms with Gasteiger partial charge in [-0.15, -0.1) is 0 Å². The van der Waals surface area contributed by atoms with Crippen LogP contribution in [0.5, 0.6) is 0 Å². The molecule has 2 unspecified atom stereocenters. The third kappa shape index (κ3) is 3.48. The molecule has 2 aliphatic rings. The van der Waals surface area contributed by atoms with Crippen LogP contribution in [-0.2, 0) is 9.59 Å². The molecule has 25 heavy (non-hydrogen) atoms. The van der Waals surface area contributed by atoms with Crippen LogP contribution in [0.4, 0.5) is 0 Å². The summed E-state index contributed by atoms with van der Waals surface area (Å²) in [5.74, 6) is 0.811. The molecule has 0 aliphatic carbocycles. The number of carbonyl (C=O) groups is 2. The summed E-state index contributed by atoms with van der Waals surface area (Å²) >= 11 is 0. The Bertz CT molecular complexity index is 670. The molecule has 2 atom stereocenters. The van der Waals surface area contributed by atoms with Gasteiger partial charge in [-0.2, -0.15) is 0 Å². The van der Waals surface area contributed by atoms with Gasteiger partial charge in [0.25, 0.3) is 11.8 Å². The van der Waals surface area contributed by atoms with E-state index in [0.29, 0.717) is 29.7 Å². The van der Waals surface area contributed by atoms with Gasteiger partial charge in [0.05, 0.1) is 5.57 Å². The number of amides is 2. The van der Waals surface area contributed by atoms with Gasteiger partial charge in [-0.25, -0.2) is 0 Å². The Morgan fingerprint density at radius 3 is 2.24 bits per heavy atom. The van der Waals surface area contributed by atoms with Crippen molar-refractivity contribution in [1.82, 2.24) is 9.80 Å². The summed E-state index contributed by atoms with van der Waals surface area (Å²) < 4.78 is 0. The SMILES string of the molecule is CCCCN1C(=O)C(c2ccccc2)=C(N2CC(C)CC(C)C2)C1=O. The summed E-state index contributed by atoms with van der Waals surface area (Å²) in [5, 5.41) is 0. The van der Waals surface area contributed by atoms with Crippen molar-refractivity contribution < 1.29 is 9.59 Å². The van der Waals surface area contributed by atoms with Crippen LogP contribution in [0.3, 0.4) is 0 Å². The molecule has 1 saturated heterocycles. The zero-order valence-corrected chi connectivity index (χ0v) is 15.5. The first-order valence-electron chi connectivity index (χ1n) is 9.43. The molecular weight excluding hydrogens is 312 g/mol. The van der Waals surface area contributed by atoms with Gasteiger partial charge in [0.15, 0.2) is 0 Å². The van der Waals surface area contributed by atoms with Crippen LogP contribution in [0.15, 0.2) is 36.0 Å². The molecule has 2 amide bonds. The van der Waals surface area contributed by atoms with Crippen molar-refractivity contribution in [2.75, 3.05) is 19.6 Å². The minimum absolute atomic E-state index is 0.112. The minimum Gasteiger partial charge on any atom is -0.366 e. The van der Waals surface area contributed by atoms with Gasteiger partial charge >= 0.3 is 0 Å². The number of hydrogen-bond donors (Lipinski definition) is 0. The first kappa shape index (κ1) is 17.7. The van der Waals surface area contributed by atoms with E-state index in [0.717, 1.165) is 31.5 Å². The van der Waals surface area contributed by atoms with Crippen molar-refractivity contribution >= 4 is 17.4 Å². The van der Waals surface area contributed by atoms with Crippen LogP contribution in [-0.4, -0.2) is 41.2 Å². The third-order valence-corrected chi connectivity index (χ3v) is 5.13. The number of rotatable bonds is 5. The first-order chi connectivity index (χ1) is 12.0. The summed E-state index contributed by atoms with van der Waals surface area (Å²) in [7, 11) is 0. The van der Waals surface area contributed by atoms with E-state index in [9.17, 15) is 9.59 Å². The fraction of sp³-hybridized carbons (Fsp3) is 0.524. The molecule has 3 rings (SSSR count). The highest BCUT2D eigenvalue weighted by Gasteiger charge is 2.42. The fourth-order valence-electron chi connectivity index (χ4n) is 4.09. The lowest BCUT2D eigenvalue weighted by atomic mass is 9.91. The number of unbranched alkanes of at least 4 members (excludes halogenated alkanes) is 1. The molecular formula is C21H28N2O2. The van der Waals surface area contributed by atoms with E-state index in [1.54, 1.807) is 0 Å². The van der Waals surface area contributed by atoms with E-state index in [2.05, 4.69) is 25.7 Å². The second kappa shape index (κ2) is 7.42. The fourth-order valence-corrected chi connectivity index (χ4v) is 4.09. The first-order valence-corrected chi connectivity index (χ1v) is 9.43. The topological polar surface area (TPSA) is 40.6 Å². The zero-order chi connectivity index (χ0) is 18.0. The van der Waals surface area contributed by atoms with Gasteiger partial charge in [-0.1, -0.05) is 57.5 Å². The second-order valence-electron chi connectivity index (χ2n) is 7.56. The molecule has 0 N–H and O–H groups in total. The summed E-state index contributed by atoms with van der Waals surface area (Å²) in [5.41, 5.74) is 2.05. The van der Waals surface area contributed by atoms with Crippen molar-refractivity contribution in [1.29, 1.82) is 0 Å². The van der Waals surface area contributed by atoms with Crippen molar-refractivity contribution in [2.24, 2.45) is 11.8 Å². The van der Waals surface area contributed by atoms with Crippen LogP contribution in [0.1, 0.15) is 45.6 Å².